The molecule has 0 saturated carbocycles. The molecule has 3 aliphatic heterocycles. The molecule has 4 atom stereocenters. The third-order valence-electron chi connectivity index (χ3n) is 5.61. The highest BCUT2D eigenvalue weighted by molar-refractivity contribution is 5.99. The standard InChI is InChI=1S/C17H24N4O6/c1-8(22)13-11-5-10(14(16(24)25)21(11)15(13)23)9-3-4-20(7-9)12(18)6-19-17(26)27-2/h8-9,11,13,18,22H,3-7H2,1-2H3,(H,19,26)(H,24,25)/t8-,9-,11-,13-/m1/s1. The number of nitrogens with zero attached hydrogens (tertiary/aromatic N) is 2. The molecule has 0 bridgehead atoms. The molecule has 0 aliphatic carbocycles. The fraction of sp³-hybridized carbons (Fsp3) is 0.647. The zero-order chi connectivity index (χ0) is 19.9. The number of likely N-dealkylation sites (tertiary alicyclic amines) is 1. The molecule has 3 aliphatic rings. The van der Waals surface area contributed by atoms with Crippen LogP contribution < -0.4 is 5.32 Å². The monoisotopic (exact) mass is 380 g/mol. The van der Waals surface area contributed by atoms with Gasteiger partial charge in [-0.1, -0.05) is 0 Å². The predicted octanol–water partition coefficient (Wildman–Crippen LogP) is -0.408. The van der Waals surface area contributed by atoms with E-state index in [-0.39, 0.29) is 35.9 Å². The number of fused-ring (bicyclic) bond motifs is 1. The molecule has 0 unspecified atom stereocenters. The van der Waals surface area contributed by atoms with Gasteiger partial charge in [0.2, 0.25) is 5.91 Å². The van der Waals surface area contributed by atoms with Crippen LogP contribution in [0.5, 0.6) is 0 Å². The summed E-state index contributed by atoms with van der Waals surface area (Å²) in [5.74, 6) is -1.89. The molecule has 2 saturated heterocycles. The van der Waals surface area contributed by atoms with E-state index >= 15 is 0 Å². The number of methoxy groups -OCH3 is 1. The van der Waals surface area contributed by atoms with Crippen LogP contribution in [0.15, 0.2) is 11.3 Å². The number of amidine groups is 1. The van der Waals surface area contributed by atoms with Crippen LogP contribution in [0.3, 0.4) is 0 Å². The van der Waals surface area contributed by atoms with E-state index in [2.05, 4.69) is 10.1 Å². The maximum atomic E-state index is 12.3. The number of aliphatic hydroxyl groups excluding tert-OH is 1. The Kier molecular flexibility index (Phi) is 5.09. The number of ether oxygens (including phenoxy) is 1. The molecule has 3 heterocycles. The third kappa shape index (κ3) is 3.25. The molecule has 0 aromatic carbocycles. The minimum absolute atomic E-state index is 0.0293. The Morgan fingerprint density at radius 1 is 1.44 bits per heavy atom. The first kappa shape index (κ1) is 19.2. The summed E-state index contributed by atoms with van der Waals surface area (Å²) in [6.07, 6.45) is -0.323. The minimum atomic E-state index is -1.13. The Morgan fingerprint density at radius 3 is 2.74 bits per heavy atom. The Bertz CT molecular complexity index is 718. The lowest BCUT2D eigenvalue weighted by atomic mass is 9.82. The second kappa shape index (κ2) is 7.18. The first-order chi connectivity index (χ1) is 12.8. The van der Waals surface area contributed by atoms with Gasteiger partial charge < -0.3 is 30.1 Å². The Balaban J connectivity index is 1.70. The molecule has 0 spiro atoms. The zero-order valence-electron chi connectivity index (χ0n) is 15.3. The van der Waals surface area contributed by atoms with E-state index in [9.17, 15) is 24.6 Å². The molecule has 10 nitrogen and oxygen atoms in total. The summed E-state index contributed by atoms with van der Waals surface area (Å²) in [6.45, 7) is 2.61. The fourth-order valence-corrected chi connectivity index (χ4v) is 4.30. The van der Waals surface area contributed by atoms with Crippen molar-refractivity contribution in [2.45, 2.75) is 31.9 Å². The van der Waals surface area contributed by atoms with Crippen molar-refractivity contribution in [3.63, 3.8) is 0 Å². The topological polar surface area (TPSA) is 143 Å². The molecule has 0 radical (unpaired) electrons. The summed E-state index contributed by atoms with van der Waals surface area (Å²) in [7, 11) is 1.25. The summed E-state index contributed by atoms with van der Waals surface area (Å²) in [5, 5.41) is 30.0. The number of carboxylic acids is 1. The number of hydrogen-bond acceptors (Lipinski definition) is 6. The van der Waals surface area contributed by atoms with Crippen molar-refractivity contribution >= 4 is 23.8 Å². The number of hydrogen-bond donors (Lipinski definition) is 4. The molecule has 148 valence electrons. The van der Waals surface area contributed by atoms with Crippen molar-refractivity contribution in [1.29, 1.82) is 5.41 Å². The largest absolute Gasteiger partial charge is 0.477 e. The maximum Gasteiger partial charge on any atom is 0.407 e. The average Bonchev–Trinajstić information content (AvgIpc) is 3.21. The molecule has 2 fully saturated rings. The lowest BCUT2D eigenvalue weighted by molar-refractivity contribution is -0.161. The summed E-state index contributed by atoms with van der Waals surface area (Å²) in [5.41, 5.74) is 0.744. The number of carbonyl (C=O) groups excluding carboxylic acids is 2. The normalized spacial score (nSPS) is 28.0. The number of carboxylic acid groups (broad SMARTS) is 1. The van der Waals surface area contributed by atoms with Gasteiger partial charge in [-0.3, -0.25) is 10.2 Å². The van der Waals surface area contributed by atoms with Crippen LogP contribution in [-0.2, 0) is 14.3 Å². The van der Waals surface area contributed by atoms with Gasteiger partial charge in [-0.2, -0.15) is 0 Å². The number of alkyl carbamates (subject to hydrolysis) is 1. The van der Waals surface area contributed by atoms with Crippen molar-refractivity contribution in [3.8, 4) is 0 Å². The van der Waals surface area contributed by atoms with Crippen LogP contribution in [0.2, 0.25) is 0 Å². The average molecular weight is 380 g/mol. The van der Waals surface area contributed by atoms with Crippen molar-refractivity contribution < 1.29 is 29.3 Å². The van der Waals surface area contributed by atoms with Gasteiger partial charge in [0.15, 0.2) is 0 Å². The second-order valence-corrected chi connectivity index (χ2v) is 7.15. The number of aliphatic carboxylic acids is 1. The molecule has 0 aromatic heterocycles. The number of nitrogens with one attached hydrogen (secondary N) is 2. The van der Waals surface area contributed by atoms with Gasteiger partial charge in [0.25, 0.3) is 0 Å². The van der Waals surface area contributed by atoms with Gasteiger partial charge in [-0.15, -0.1) is 0 Å². The Labute approximate surface area is 156 Å². The lowest BCUT2D eigenvalue weighted by Gasteiger charge is -2.44. The van der Waals surface area contributed by atoms with E-state index in [1.165, 1.54) is 12.0 Å². The van der Waals surface area contributed by atoms with Gasteiger partial charge in [0, 0.05) is 19.0 Å². The molecule has 10 heteroatoms. The number of β-lactam (4-membered cyclic amide) rings is 1. The van der Waals surface area contributed by atoms with Crippen LogP contribution in [0.25, 0.3) is 0 Å². The quantitative estimate of drug-likeness (QED) is 0.288. The van der Waals surface area contributed by atoms with Crippen LogP contribution in [0, 0.1) is 17.2 Å². The minimum Gasteiger partial charge on any atom is -0.477 e. The maximum absolute atomic E-state index is 12.3. The van der Waals surface area contributed by atoms with Gasteiger partial charge in [-0.05, 0) is 25.3 Å². The fourth-order valence-electron chi connectivity index (χ4n) is 4.30. The smallest absolute Gasteiger partial charge is 0.407 e. The Hall–Kier alpha value is -2.62. The summed E-state index contributed by atoms with van der Waals surface area (Å²) in [6, 6.07) is -0.298. The van der Waals surface area contributed by atoms with E-state index in [1.807, 2.05) is 0 Å². The van der Waals surface area contributed by atoms with Gasteiger partial charge in [0.05, 0.1) is 31.7 Å². The van der Waals surface area contributed by atoms with Crippen molar-refractivity contribution in [1.82, 2.24) is 15.1 Å². The van der Waals surface area contributed by atoms with Crippen LogP contribution in [0.4, 0.5) is 4.79 Å². The second-order valence-electron chi connectivity index (χ2n) is 7.15. The highest BCUT2D eigenvalue weighted by Gasteiger charge is 2.57. The first-order valence-corrected chi connectivity index (χ1v) is 8.87. The third-order valence-corrected chi connectivity index (χ3v) is 5.61. The zero-order valence-corrected chi connectivity index (χ0v) is 15.3. The van der Waals surface area contributed by atoms with E-state index < -0.39 is 24.1 Å². The van der Waals surface area contributed by atoms with Crippen LogP contribution in [-0.4, -0.2) is 82.7 Å². The number of carbonyl (C=O) groups is 3. The summed E-state index contributed by atoms with van der Waals surface area (Å²) >= 11 is 0. The molecule has 0 aromatic rings. The predicted molar refractivity (Wildman–Crippen MR) is 92.9 cm³/mol. The first-order valence-electron chi connectivity index (χ1n) is 8.87. The molecule has 3 rings (SSSR count). The van der Waals surface area contributed by atoms with E-state index in [1.54, 1.807) is 11.8 Å². The highest BCUT2D eigenvalue weighted by Crippen LogP contribution is 2.47. The number of rotatable bonds is 5. The van der Waals surface area contributed by atoms with Crippen LogP contribution >= 0.6 is 0 Å². The summed E-state index contributed by atoms with van der Waals surface area (Å²) < 4.78 is 4.48. The van der Waals surface area contributed by atoms with Gasteiger partial charge in [-0.25, -0.2) is 9.59 Å². The SMILES string of the molecule is COC(=O)NCC(=N)N1CC[C@@H](C2=C(C(=O)O)N3C(=O)[C@H]([C@@H](C)O)[C@H]3C2)C1. The van der Waals surface area contributed by atoms with E-state index in [0.717, 1.165) is 0 Å². The van der Waals surface area contributed by atoms with E-state index in [0.29, 0.717) is 31.5 Å². The molecule has 4 N–H and O–H groups in total. The molecular weight excluding hydrogens is 356 g/mol. The lowest BCUT2D eigenvalue weighted by Crippen LogP contribution is -2.61. The summed E-state index contributed by atoms with van der Waals surface area (Å²) in [4.78, 5) is 38.3. The highest BCUT2D eigenvalue weighted by atomic mass is 16.5. The molecule has 27 heavy (non-hydrogen) atoms. The Morgan fingerprint density at radius 2 is 2.15 bits per heavy atom. The van der Waals surface area contributed by atoms with Crippen molar-refractivity contribution in [3.05, 3.63) is 11.3 Å². The van der Waals surface area contributed by atoms with Gasteiger partial charge in [0.1, 0.15) is 11.5 Å². The molecule has 2 amide bonds. The van der Waals surface area contributed by atoms with Crippen LogP contribution in [0.1, 0.15) is 19.8 Å². The van der Waals surface area contributed by atoms with E-state index in [4.69, 9.17) is 5.41 Å². The van der Waals surface area contributed by atoms with Crippen molar-refractivity contribution in [2.24, 2.45) is 11.8 Å². The van der Waals surface area contributed by atoms with Crippen molar-refractivity contribution in [2.75, 3.05) is 26.7 Å². The van der Waals surface area contributed by atoms with Gasteiger partial charge >= 0.3 is 12.1 Å². The number of aliphatic hydroxyl groups is 1. The molecular formula is C17H24N4O6. The number of amides is 2.